The van der Waals surface area contributed by atoms with Crippen LogP contribution in [0.25, 0.3) is 11.1 Å². The van der Waals surface area contributed by atoms with E-state index in [9.17, 15) is 8.78 Å². The molecule has 9 heteroatoms. The summed E-state index contributed by atoms with van der Waals surface area (Å²) in [5.41, 5.74) is 5.09. The van der Waals surface area contributed by atoms with E-state index in [1.807, 2.05) is 6.07 Å². The van der Waals surface area contributed by atoms with Crippen LogP contribution in [0.15, 0.2) is 24.7 Å². The molecule has 4 rings (SSSR count). The molecule has 2 atom stereocenters. The highest BCUT2D eigenvalue weighted by Gasteiger charge is 2.34. The number of alkyl halides is 2. The summed E-state index contributed by atoms with van der Waals surface area (Å²) in [4.78, 5) is 2.09. The molecule has 2 aromatic rings. The number of amidine groups is 1. The topological polar surface area (TPSA) is 73.9 Å². The van der Waals surface area contributed by atoms with Crippen molar-refractivity contribution in [3.8, 4) is 11.1 Å². The Labute approximate surface area is 144 Å². The summed E-state index contributed by atoms with van der Waals surface area (Å²) in [6.45, 7) is -1.01. The molecule has 3 N–H and O–H groups in total. The number of halogens is 2. The molecule has 2 bridgehead atoms. The normalized spacial score (nSPS) is 22.6. The Bertz CT molecular complexity index is 769. The first-order valence-electron chi connectivity index (χ1n) is 8.38. The summed E-state index contributed by atoms with van der Waals surface area (Å²) < 4.78 is 27.8. The molecule has 0 saturated carbocycles. The Morgan fingerprint density at radius 3 is 2.60 bits per heavy atom. The fourth-order valence-corrected chi connectivity index (χ4v) is 3.72. The lowest BCUT2D eigenvalue weighted by atomic mass is 10.1. The Morgan fingerprint density at radius 2 is 2.00 bits per heavy atom. The van der Waals surface area contributed by atoms with Crippen molar-refractivity contribution in [2.24, 2.45) is 0 Å². The third-order valence-electron chi connectivity index (χ3n) is 4.97. The van der Waals surface area contributed by atoms with Crippen LogP contribution in [0.1, 0.15) is 25.1 Å². The van der Waals surface area contributed by atoms with Crippen LogP contribution in [0.2, 0.25) is 0 Å². The molecular weight excluding hydrogens is 328 g/mol. The average Bonchev–Trinajstić information content (AvgIpc) is 3.31. The predicted octanol–water partition coefficient (Wildman–Crippen LogP) is 1.68. The molecule has 0 spiro atoms. The van der Waals surface area contributed by atoms with E-state index in [1.165, 1.54) is 12.4 Å². The van der Waals surface area contributed by atoms with Crippen LogP contribution in [-0.2, 0) is 0 Å². The first kappa shape index (κ1) is 16.1. The van der Waals surface area contributed by atoms with Gasteiger partial charge in [0.1, 0.15) is 11.5 Å². The molecule has 2 unspecified atom stereocenters. The van der Waals surface area contributed by atoms with Gasteiger partial charge in [0, 0.05) is 55.7 Å². The molecule has 2 saturated heterocycles. The highest BCUT2D eigenvalue weighted by Crippen LogP contribution is 2.26. The molecule has 0 aliphatic carbocycles. The van der Waals surface area contributed by atoms with Crippen molar-refractivity contribution in [1.29, 1.82) is 5.41 Å². The van der Waals surface area contributed by atoms with Crippen LogP contribution in [0, 0.1) is 5.41 Å². The first-order valence-corrected chi connectivity index (χ1v) is 8.38. The number of nitrogens with zero attached hydrogens (tertiary/aromatic N) is 4. The summed E-state index contributed by atoms with van der Waals surface area (Å²) in [5, 5.41) is 15.9. The van der Waals surface area contributed by atoms with E-state index in [2.05, 4.69) is 20.7 Å². The number of piperazine rings is 1. The van der Waals surface area contributed by atoms with Crippen molar-refractivity contribution in [1.82, 2.24) is 24.7 Å². The molecule has 4 heterocycles. The molecule has 25 heavy (non-hydrogen) atoms. The molecule has 2 aliphatic heterocycles. The summed E-state index contributed by atoms with van der Waals surface area (Å²) in [6, 6.07) is 2.73. The Kier molecular flexibility index (Phi) is 3.95. The van der Waals surface area contributed by atoms with Gasteiger partial charge in [-0.15, -0.1) is 0 Å². The van der Waals surface area contributed by atoms with Crippen molar-refractivity contribution in [3.63, 3.8) is 0 Å². The minimum Gasteiger partial charge on any atom is -0.352 e. The van der Waals surface area contributed by atoms with Gasteiger partial charge in [-0.25, -0.2) is 4.68 Å². The summed E-state index contributed by atoms with van der Waals surface area (Å²) in [7, 11) is 1.77. The van der Waals surface area contributed by atoms with E-state index in [4.69, 9.17) is 5.41 Å². The fraction of sp³-hybridized carbons (Fsp3) is 0.500. The Morgan fingerprint density at radius 1 is 1.28 bits per heavy atom. The van der Waals surface area contributed by atoms with E-state index in [-0.39, 0.29) is 0 Å². The van der Waals surface area contributed by atoms with Gasteiger partial charge in [0.25, 0.3) is 0 Å². The lowest BCUT2D eigenvalue weighted by Gasteiger charge is -2.34. The summed E-state index contributed by atoms with van der Waals surface area (Å²) in [6.07, 6.45) is 6.84. The average molecular weight is 349 g/mol. The molecule has 134 valence electrons. The van der Waals surface area contributed by atoms with E-state index >= 15 is 0 Å². The van der Waals surface area contributed by atoms with Gasteiger partial charge < -0.3 is 15.6 Å². The molecule has 7 nitrogen and oxygen atoms in total. The van der Waals surface area contributed by atoms with Crippen molar-refractivity contribution in [3.05, 3.63) is 30.4 Å². The summed E-state index contributed by atoms with van der Waals surface area (Å²) in [5.74, 6) is 0.445. The van der Waals surface area contributed by atoms with Crippen LogP contribution >= 0.6 is 0 Å². The number of rotatable bonds is 4. The van der Waals surface area contributed by atoms with Crippen molar-refractivity contribution < 1.29 is 8.78 Å². The number of hydrogen-bond acceptors (Lipinski definition) is 4. The zero-order valence-corrected chi connectivity index (χ0v) is 13.9. The van der Waals surface area contributed by atoms with Gasteiger partial charge in [-0.1, -0.05) is 0 Å². The highest BCUT2D eigenvalue weighted by atomic mass is 19.3. The quantitative estimate of drug-likeness (QED) is 0.580. The van der Waals surface area contributed by atoms with E-state index < -0.39 is 6.55 Å². The van der Waals surface area contributed by atoms with Crippen LogP contribution in [0.4, 0.5) is 8.78 Å². The van der Waals surface area contributed by atoms with Gasteiger partial charge >= 0.3 is 6.55 Å². The second kappa shape index (κ2) is 6.14. The lowest BCUT2D eigenvalue weighted by molar-refractivity contribution is 0.0566. The fourth-order valence-electron chi connectivity index (χ4n) is 3.72. The maximum absolute atomic E-state index is 12.7. The molecule has 0 aromatic carbocycles. The number of hydrogen-bond donors (Lipinski definition) is 3. The SMILES string of the molecule is CNn1cc(-c2cnn(C(F)F)c2)cc1C(=N)N1CC2CCC(C1)N2. The van der Waals surface area contributed by atoms with Crippen LogP contribution in [0.3, 0.4) is 0 Å². The standard InChI is InChI=1S/C16H21F2N7/c1-20-24-6-10(11-5-21-25(7-11)16(17)18)4-14(24)15(19)23-8-12-2-3-13(9-23)22-12/h4-7,12-13,16,19-20,22H,2-3,8-9H2,1H3. The molecule has 2 aromatic heterocycles. The van der Waals surface area contributed by atoms with E-state index in [0.717, 1.165) is 31.5 Å². The third-order valence-corrected chi connectivity index (χ3v) is 4.97. The van der Waals surface area contributed by atoms with Gasteiger partial charge in [0.2, 0.25) is 0 Å². The smallest absolute Gasteiger partial charge is 0.333 e. The minimum atomic E-state index is -2.66. The van der Waals surface area contributed by atoms with Gasteiger partial charge in [-0.3, -0.25) is 10.1 Å². The van der Waals surface area contributed by atoms with E-state index in [1.54, 1.807) is 17.9 Å². The number of fused-ring (bicyclic) bond motifs is 2. The maximum atomic E-state index is 12.7. The van der Waals surface area contributed by atoms with Crippen molar-refractivity contribution in [2.45, 2.75) is 31.5 Å². The van der Waals surface area contributed by atoms with Gasteiger partial charge in [-0.05, 0) is 18.9 Å². The van der Waals surface area contributed by atoms with Gasteiger partial charge in [-0.2, -0.15) is 13.9 Å². The Balaban J connectivity index is 1.60. The molecule has 2 fully saturated rings. The molecule has 0 radical (unpaired) electrons. The van der Waals surface area contributed by atoms with Crippen molar-refractivity contribution >= 4 is 5.84 Å². The second-order valence-corrected chi connectivity index (χ2v) is 6.59. The molecular formula is C16H21F2N7. The van der Waals surface area contributed by atoms with E-state index in [0.29, 0.717) is 33.9 Å². The predicted molar refractivity (Wildman–Crippen MR) is 90.5 cm³/mol. The zero-order valence-electron chi connectivity index (χ0n) is 13.9. The summed E-state index contributed by atoms with van der Waals surface area (Å²) >= 11 is 0. The Hall–Kier alpha value is -2.42. The molecule has 0 amide bonds. The second-order valence-electron chi connectivity index (χ2n) is 6.59. The van der Waals surface area contributed by atoms with Crippen LogP contribution in [0.5, 0.6) is 0 Å². The largest absolute Gasteiger partial charge is 0.352 e. The first-order chi connectivity index (χ1) is 12.0. The lowest BCUT2D eigenvalue weighted by Crippen LogP contribution is -2.53. The monoisotopic (exact) mass is 349 g/mol. The number of nitrogens with one attached hydrogen (secondary N) is 3. The third kappa shape index (κ3) is 2.88. The van der Waals surface area contributed by atoms with Crippen molar-refractivity contribution in [2.75, 3.05) is 25.6 Å². The minimum absolute atomic E-state index is 0.445. The molecule has 2 aliphatic rings. The van der Waals surface area contributed by atoms with Crippen LogP contribution in [-0.4, -0.2) is 57.4 Å². The van der Waals surface area contributed by atoms with Gasteiger partial charge in [0.05, 0.1) is 6.20 Å². The van der Waals surface area contributed by atoms with Crippen LogP contribution < -0.4 is 10.7 Å². The zero-order chi connectivity index (χ0) is 17.6. The maximum Gasteiger partial charge on any atom is 0.333 e. The highest BCUT2D eigenvalue weighted by molar-refractivity contribution is 5.96. The van der Waals surface area contributed by atoms with Gasteiger partial charge in [0.15, 0.2) is 0 Å². The number of aromatic nitrogens is 3. The number of likely N-dealkylation sites (tertiary alicyclic amines) is 1.